The van der Waals surface area contributed by atoms with Crippen LogP contribution in [0.25, 0.3) is 0 Å². The van der Waals surface area contributed by atoms with Gasteiger partial charge in [-0.25, -0.2) is 0 Å². The van der Waals surface area contributed by atoms with Crippen LogP contribution in [0.4, 0.5) is 0 Å². The Morgan fingerprint density at radius 1 is 1.17 bits per heavy atom. The Bertz CT molecular complexity index is 117. The summed E-state index contributed by atoms with van der Waals surface area (Å²) in [5.41, 5.74) is 0. The van der Waals surface area contributed by atoms with Gasteiger partial charge in [0.1, 0.15) is 0 Å². The van der Waals surface area contributed by atoms with E-state index in [0.29, 0.717) is 6.54 Å². The first-order chi connectivity index (χ1) is 5.43. The van der Waals surface area contributed by atoms with Crippen LogP contribution in [0.15, 0.2) is 0 Å². The maximum absolute atomic E-state index is 9.33. The van der Waals surface area contributed by atoms with Crippen molar-refractivity contribution in [1.82, 2.24) is 4.90 Å². The monoisotopic (exact) mass is 177 g/mol. The standard InChI is InChI=1S/C8H19NO3/c1-6(10)8(12)4-7(11)5-9(2)3/h6-8,10-12H,4-5H2,1-3H3/t6-,7-,8+/m1/s1. The van der Waals surface area contributed by atoms with E-state index in [9.17, 15) is 10.2 Å². The van der Waals surface area contributed by atoms with Gasteiger partial charge in [0.2, 0.25) is 0 Å². The lowest BCUT2D eigenvalue weighted by atomic mass is 10.1. The molecule has 3 N–H and O–H groups in total. The Morgan fingerprint density at radius 3 is 2.00 bits per heavy atom. The minimum absolute atomic E-state index is 0.218. The van der Waals surface area contributed by atoms with Crippen LogP contribution < -0.4 is 0 Å². The van der Waals surface area contributed by atoms with Gasteiger partial charge in [-0.1, -0.05) is 0 Å². The Balaban J connectivity index is 3.61. The van der Waals surface area contributed by atoms with Crippen molar-refractivity contribution >= 4 is 0 Å². The summed E-state index contributed by atoms with van der Waals surface area (Å²) in [6.07, 6.45) is -1.97. The molecule has 4 nitrogen and oxygen atoms in total. The normalized spacial score (nSPS) is 19.2. The van der Waals surface area contributed by atoms with Crippen LogP contribution in [0.5, 0.6) is 0 Å². The van der Waals surface area contributed by atoms with Crippen LogP contribution in [0.1, 0.15) is 13.3 Å². The molecule has 0 amide bonds. The summed E-state index contributed by atoms with van der Waals surface area (Å²) >= 11 is 0. The van der Waals surface area contributed by atoms with Gasteiger partial charge in [0.25, 0.3) is 0 Å². The predicted molar refractivity (Wildman–Crippen MR) is 46.9 cm³/mol. The molecule has 0 aromatic rings. The third kappa shape index (κ3) is 5.49. The van der Waals surface area contributed by atoms with Crippen molar-refractivity contribution in [3.05, 3.63) is 0 Å². The molecule has 3 atom stereocenters. The lowest BCUT2D eigenvalue weighted by Gasteiger charge is -2.20. The van der Waals surface area contributed by atoms with E-state index < -0.39 is 18.3 Å². The Morgan fingerprint density at radius 2 is 1.67 bits per heavy atom. The van der Waals surface area contributed by atoms with E-state index in [1.54, 1.807) is 0 Å². The number of rotatable bonds is 5. The van der Waals surface area contributed by atoms with Crippen LogP contribution in [-0.4, -0.2) is 59.2 Å². The molecule has 4 heteroatoms. The zero-order chi connectivity index (χ0) is 9.72. The zero-order valence-corrected chi connectivity index (χ0v) is 7.94. The molecule has 0 spiro atoms. The van der Waals surface area contributed by atoms with Crippen molar-refractivity contribution in [2.24, 2.45) is 0 Å². The van der Waals surface area contributed by atoms with Gasteiger partial charge in [0.05, 0.1) is 18.3 Å². The molecule has 0 radical (unpaired) electrons. The quantitative estimate of drug-likeness (QED) is 0.506. The van der Waals surface area contributed by atoms with Gasteiger partial charge in [0, 0.05) is 13.0 Å². The number of likely N-dealkylation sites (N-methyl/N-ethyl adjacent to an activating group) is 1. The van der Waals surface area contributed by atoms with Crippen molar-refractivity contribution in [2.75, 3.05) is 20.6 Å². The Kier molecular flexibility index (Phi) is 5.41. The summed E-state index contributed by atoms with van der Waals surface area (Å²) < 4.78 is 0. The van der Waals surface area contributed by atoms with E-state index in [1.165, 1.54) is 6.92 Å². The molecule has 0 aliphatic heterocycles. The van der Waals surface area contributed by atoms with Gasteiger partial charge in [0.15, 0.2) is 0 Å². The van der Waals surface area contributed by atoms with E-state index in [1.807, 2.05) is 19.0 Å². The summed E-state index contributed by atoms with van der Waals surface area (Å²) in [4.78, 5) is 1.83. The minimum Gasteiger partial charge on any atom is -0.392 e. The molecule has 0 fully saturated rings. The Labute approximate surface area is 73.4 Å². The van der Waals surface area contributed by atoms with Crippen molar-refractivity contribution in [3.63, 3.8) is 0 Å². The number of hydrogen-bond donors (Lipinski definition) is 3. The molecule has 74 valence electrons. The van der Waals surface area contributed by atoms with Gasteiger partial charge >= 0.3 is 0 Å². The average molecular weight is 177 g/mol. The third-order valence-electron chi connectivity index (χ3n) is 1.65. The van der Waals surface area contributed by atoms with E-state index in [-0.39, 0.29) is 6.42 Å². The highest BCUT2D eigenvalue weighted by Gasteiger charge is 2.16. The second kappa shape index (κ2) is 5.48. The molecule has 0 rings (SSSR count). The molecule has 0 heterocycles. The molecule has 12 heavy (non-hydrogen) atoms. The average Bonchev–Trinajstić information content (AvgIpc) is 1.84. The highest BCUT2D eigenvalue weighted by atomic mass is 16.3. The van der Waals surface area contributed by atoms with E-state index in [0.717, 1.165) is 0 Å². The molecule has 0 saturated heterocycles. The number of hydrogen-bond acceptors (Lipinski definition) is 4. The number of aliphatic hydroxyl groups excluding tert-OH is 3. The summed E-state index contributed by atoms with van der Waals surface area (Å²) in [6.45, 7) is 2.01. The topological polar surface area (TPSA) is 63.9 Å². The highest BCUT2D eigenvalue weighted by Crippen LogP contribution is 2.03. The number of nitrogens with zero attached hydrogens (tertiary/aromatic N) is 1. The molecule has 0 aromatic heterocycles. The fourth-order valence-electron chi connectivity index (χ4n) is 0.972. The van der Waals surface area contributed by atoms with Crippen molar-refractivity contribution in [3.8, 4) is 0 Å². The molecule has 0 bridgehead atoms. The smallest absolute Gasteiger partial charge is 0.0821 e. The second-order valence-electron chi connectivity index (χ2n) is 3.46. The maximum Gasteiger partial charge on any atom is 0.0821 e. The molecular formula is C8H19NO3. The molecule has 0 aliphatic carbocycles. The molecular weight excluding hydrogens is 158 g/mol. The maximum atomic E-state index is 9.33. The van der Waals surface area contributed by atoms with Gasteiger partial charge < -0.3 is 20.2 Å². The molecule has 0 saturated carbocycles. The van der Waals surface area contributed by atoms with Gasteiger partial charge in [-0.05, 0) is 21.0 Å². The fourth-order valence-corrected chi connectivity index (χ4v) is 0.972. The predicted octanol–water partition coefficient (Wildman–Crippen LogP) is -0.959. The lowest BCUT2D eigenvalue weighted by molar-refractivity contribution is -0.00758. The van der Waals surface area contributed by atoms with E-state index >= 15 is 0 Å². The van der Waals surface area contributed by atoms with Crippen LogP contribution in [0.3, 0.4) is 0 Å². The van der Waals surface area contributed by atoms with Crippen molar-refractivity contribution in [2.45, 2.75) is 31.7 Å². The molecule has 0 unspecified atom stereocenters. The summed E-state index contributed by atoms with van der Waals surface area (Å²) in [5.74, 6) is 0. The van der Waals surface area contributed by atoms with Gasteiger partial charge in [-0.3, -0.25) is 0 Å². The second-order valence-corrected chi connectivity index (χ2v) is 3.46. The largest absolute Gasteiger partial charge is 0.392 e. The highest BCUT2D eigenvalue weighted by molar-refractivity contribution is 4.69. The fraction of sp³-hybridized carbons (Fsp3) is 1.00. The Hall–Kier alpha value is -0.160. The third-order valence-corrected chi connectivity index (χ3v) is 1.65. The van der Waals surface area contributed by atoms with Crippen LogP contribution in [-0.2, 0) is 0 Å². The first kappa shape index (κ1) is 11.8. The number of aliphatic hydroxyl groups is 3. The first-order valence-corrected chi connectivity index (χ1v) is 4.12. The zero-order valence-electron chi connectivity index (χ0n) is 7.94. The van der Waals surface area contributed by atoms with Crippen molar-refractivity contribution in [1.29, 1.82) is 0 Å². The van der Waals surface area contributed by atoms with Gasteiger partial charge in [-0.2, -0.15) is 0 Å². The van der Waals surface area contributed by atoms with Gasteiger partial charge in [-0.15, -0.1) is 0 Å². The van der Waals surface area contributed by atoms with E-state index in [4.69, 9.17) is 5.11 Å². The summed E-state index contributed by atoms with van der Waals surface area (Å²) in [7, 11) is 3.69. The minimum atomic E-state index is -0.833. The first-order valence-electron chi connectivity index (χ1n) is 4.12. The van der Waals surface area contributed by atoms with Crippen LogP contribution >= 0.6 is 0 Å². The molecule has 0 aliphatic rings. The summed E-state index contributed by atoms with van der Waals surface area (Å²) in [5, 5.41) is 27.4. The summed E-state index contributed by atoms with van der Waals surface area (Å²) in [6, 6.07) is 0. The van der Waals surface area contributed by atoms with Crippen molar-refractivity contribution < 1.29 is 15.3 Å². The SMILES string of the molecule is C[C@@H](O)[C@@H](O)C[C@@H](O)CN(C)C. The lowest BCUT2D eigenvalue weighted by Crippen LogP contribution is -2.33. The van der Waals surface area contributed by atoms with E-state index in [2.05, 4.69) is 0 Å². The van der Waals surface area contributed by atoms with Crippen LogP contribution in [0.2, 0.25) is 0 Å². The van der Waals surface area contributed by atoms with Crippen LogP contribution in [0, 0.1) is 0 Å². The molecule has 0 aromatic carbocycles.